The van der Waals surface area contributed by atoms with Crippen LogP contribution in [0.1, 0.15) is 28.7 Å². The number of aromatic nitrogens is 1. The minimum absolute atomic E-state index is 0.249. The molecular formula is C16H15ClN2O3. The van der Waals surface area contributed by atoms with Gasteiger partial charge in [0.25, 0.3) is 0 Å². The van der Waals surface area contributed by atoms with E-state index in [2.05, 4.69) is 16.9 Å². The van der Waals surface area contributed by atoms with Crippen LogP contribution in [0.2, 0.25) is 5.02 Å². The Bertz CT molecular complexity index is 679. The molecule has 1 unspecified atom stereocenters. The summed E-state index contributed by atoms with van der Waals surface area (Å²) >= 11 is 5.92. The molecule has 0 bridgehead atoms. The molecule has 22 heavy (non-hydrogen) atoms. The van der Waals surface area contributed by atoms with Crippen molar-refractivity contribution in [3.05, 3.63) is 64.5 Å². The van der Waals surface area contributed by atoms with Gasteiger partial charge in [0.1, 0.15) is 24.6 Å². The first-order chi connectivity index (χ1) is 10.8. The summed E-state index contributed by atoms with van der Waals surface area (Å²) in [4.78, 5) is 4.99. The van der Waals surface area contributed by atoms with Crippen molar-refractivity contribution in [2.45, 2.75) is 12.5 Å². The zero-order valence-corrected chi connectivity index (χ0v) is 12.6. The van der Waals surface area contributed by atoms with Crippen LogP contribution in [-0.2, 0) is 16.0 Å². The average molecular weight is 319 g/mol. The first-order valence-electron chi connectivity index (χ1n) is 6.91. The van der Waals surface area contributed by atoms with Gasteiger partial charge in [0.2, 0.25) is 0 Å². The highest BCUT2D eigenvalue weighted by atomic mass is 35.5. The minimum Gasteiger partial charge on any atom is -0.391 e. The van der Waals surface area contributed by atoms with Crippen LogP contribution in [0.5, 0.6) is 0 Å². The van der Waals surface area contributed by atoms with E-state index in [1.807, 2.05) is 24.3 Å². The Balaban J connectivity index is 1.85. The Labute approximate surface area is 133 Å². The zero-order valence-electron chi connectivity index (χ0n) is 11.9. The summed E-state index contributed by atoms with van der Waals surface area (Å²) in [6.07, 6.45) is 3.63. The summed E-state index contributed by atoms with van der Waals surface area (Å²) in [5.41, 5.74) is 2.76. The first kappa shape index (κ1) is 14.8. The van der Waals surface area contributed by atoms with Crippen LogP contribution >= 0.6 is 11.6 Å². The van der Waals surface area contributed by atoms with Crippen LogP contribution in [0.3, 0.4) is 0 Å². The monoisotopic (exact) mass is 318 g/mol. The smallest absolute Gasteiger partial charge is 0.184 e. The van der Waals surface area contributed by atoms with E-state index in [1.165, 1.54) is 6.21 Å². The first-order valence-corrected chi connectivity index (χ1v) is 7.29. The van der Waals surface area contributed by atoms with Gasteiger partial charge in [0, 0.05) is 17.0 Å². The summed E-state index contributed by atoms with van der Waals surface area (Å²) < 4.78 is 11.2. The maximum Gasteiger partial charge on any atom is 0.184 e. The molecule has 0 radical (unpaired) electrons. The third-order valence-electron chi connectivity index (χ3n) is 3.34. The lowest BCUT2D eigenvalue weighted by Gasteiger charge is -2.21. The number of hydrogen-bond donors (Lipinski definition) is 0. The largest absolute Gasteiger partial charge is 0.391 e. The van der Waals surface area contributed by atoms with Crippen LogP contribution < -0.4 is 0 Å². The van der Waals surface area contributed by atoms with Crippen molar-refractivity contribution in [2.24, 2.45) is 5.16 Å². The summed E-state index contributed by atoms with van der Waals surface area (Å²) in [7, 11) is 0. The number of oxime groups is 1. The fourth-order valence-corrected chi connectivity index (χ4v) is 2.45. The normalized spacial score (nSPS) is 17.4. The standard InChI is InChI=1S/C16H15ClN2O3/c1-2-8-21-18-10-14-13-7-9-20-16(15(13)19-22-14)11-3-5-12(17)6-4-11/h2-6,10,16H,1,7-9H2/b18-10+. The van der Waals surface area contributed by atoms with E-state index in [4.69, 9.17) is 25.7 Å². The second kappa shape index (κ2) is 6.77. The molecule has 0 amide bonds. The lowest BCUT2D eigenvalue weighted by molar-refractivity contribution is 0.0657. The molecule has 1 aromatic heterocycles. The molecule has 0 fully saturated rings. The molecule has 1 atom stereocenters. The fraction of sp³-hybridized carbons (Fsp3) is 0.250. The van der Waals surface area contributed by atoms with Gasteiger partial charge in [-0.2, -0.15) is 0 Å². The number of nitrogens with zero attached hydrogens (tertiary/aromatic N) is 2. The third kappa shape index (κ3) is 3.05. The lowest BCUT2D eigenvalue weighted by Crippen LogP contribution is -2.17. The number of fused-ring (bicyclic) bond motifs is 1. The van der Waals surface area contributed by atoms with E-state index >= 15 is 0 Å². The van der Waals surface area contributed by atoms with Crippen molar-refractivity contribution in [1.29, 1.82) is 0 Å². The molecular weight excluding hydrogens is 304 g/mol. The number of halogens is 1. The van der Waals surface area contributed by atoms with E-state index in [1.54, 1.807) is 6.08 Å². The van der Waals surface area contributed by atoms with E-state index < -0.39 is 0 Å². The van der Waals surface area contributed by atoms with Gasteiger partial charge in [-0.05, 0) is 17.7 Å². The molecule has 1 aromatic carbocycles. The van der Waals surface area contributed by atoms with Gasteiger partial charge in [-0.25, -0.2) is 0 Å². The molecule has 0 saturated carbocycles. The van der Waals surface area contributed by atoms with E-state index in [0.717, 1.165) is 23.2 Å². The molecule has 0 spiro atoms. The van der Waals surface area contributed by atoms with Gasteiger partial charge < -0.3 is 14.1 Å². The summed E-state index contributed by atoms with van der Waals surface area (Å²) in [5, 5.41) is 8.66. The Kier molecular flexibility index (Phi) is 4.56. The summed E-state index contributed by atoms with van der Waals surface area (Å²) in [5.74, 6) is 0.598. The van der Waals surface area contributed by atoms with Crippen molar-refractivity contribution < 1.29 is 14.1 Å². The van der Waals surface area contributed by atoms with E-state index in [-0.39, 0.29) is 6.10 Å². The van der Waals surface area contributed by atoms with Crippen LogP contribution in [0.15, 0.2) is 46.6 Å². The fourth-order valence-electron chi connectivity index (χ4n) is 2.32. The summed E-state index contributed by atoms with van der Waals surface area (Å²) in [6, 6.07) is 7.52. The quantitative estimate of drug-likeness (QED) is 0.366. The van der Waals surface area contributed by atoms with Gasteiger partial charge in [-0.15, -0.1) is 0 Å². The molecule has 6 heteroatoms. The molecule has 3 rings (SSSR count). The second-order valence-electron chi connectivity index (χ2n) is 4.78. The Hall–Kier alpha value is -2.11. The van der Waals surface area contributed by atoms with Crippen molar-refractivity contribution in [3.8, 4) is 0 Å². The number of rotatable bonds is 5. The maximum absolute atomic E-state index is 5.92. The van der Waals surface area contributed by atoms with Crippen molar-refractivity contribution in [3.63, 3.8) is 0 Å². The molecule has 114 valence electrons. The van der Waals surface area contributed by atoms with Gasteiger partial charge >= 0.3 is 0 Å². The van der Waals surface area contributed by atoms with Crippen molar-refractivity contribution >= 4 is 17.8 Å². The minimum atomic E-state index is -0.249. The number of ether oxygens (including phenoxy) is 1. The zero-order chi connectivity index (χ0) is 15.4. The lowest BCUT2D eigenvalue weighted by atomic mass is 9.98. The van der Waals surface area contributed by atoms with Crippen molar-refractivity contribution in [2.75, 3.05) is 13.2 Å². The van der Waals surface area contributed by atoms with Crippen LogP contribution in [0.25, 0.3) is 0 Å². The average Bonchev–Trinajstić information content (AvgIpc) is 2.96. The van der Waals surface area contributed by atoms with E-state index in [0.29, 0.717) is 24.0 Å². The van der Waals surface area contributed by atoms with Crippen molar-refractivity contribution in [1.82, 2.24) is 5.16 Å². The van der Waals surface area contributed by atoms with Gasteiger partial charge in [-0.1, -0.05) is 46.7 Å². The van der Waals surface area contributed by atoms with Crippen LogP contribution in [0, 0.1) is 0 Å². The van der Waals surface area contributed by atoms with E-state index in [9.17, 15) is 0 Å². The molecule has 1 aliphatic heterocycles. The highest BCUT2D eigenvalue weighted by Gasteiger charge is 2.29. The van der Waals surface area contributed by atoms with Gasteiger partial charge in [0.05, 0.1) is 6.61 Å². The molecule has 5 nitrogen and oxygen atoms in total. The summed E-state index contributed by atoms with van der Waals surface area (Å²) in [6.45, 7) is 4.50. The topological polar surface area (TPSA) is 56.9 Å². The third-order valence-corrected chi connectivity index (χ3v) is 3.60. The molecule has 0 aliphatic carbocycles. The highest BCUT2D eigenvalue weighted by Crippen LogP contribution is 2.33. The maximum atomic E-state index is 5.92. The molecule has 2 heterocycles. The Morgan fingerprint density at radius 2 is 2.23 bits per heavy atom. The number of hydrogen-bond acceptors (Lipinski definition) is 5. The SMILES string of the molecule is C=CCO/N=C/c1onc2c1CCOC2c1ccc(Cl)cc1. The predicted octanol–water partition coefficient (Wildman–Crippen LogP) is 3.53. The van der Waals surface area contributed by atoms with Gasteiger partial charge in [-0.3, -0.25) is 0 Å². The highest BCUT2D eigenvalue weighted by molar-refractivity contribution is 6.30. The van der Waals surface area contributed by atoms with Crippen LogP contribution in [-0.4, -0.2) is 24.6 Å². The Morgan fingerprint density at radius 3 is 3.00 bits per heavy atom. The molecule has 0 saturated heterocycles. The number of benzene rings is 1. The predicted molar refractivity (Wildman–Crippen MR) is 83.2 cm³/mol. The molecule has 1 aliphatic rings. The van der Waals surface area contributed by atoms with Crippen LogP contribution in [0.4, 0.5) is 0 Å². The van der Waals surface area contributed by atoms with Gasteiger partial charge in [0.15, 0.2) is 5.76 Å². The molecule has 2 aromatic rings. The Morgan fingerprint density at radius 1 is 1.41 bits per heavy atom. The second-order valence-corrected chi connectivity index (χ2v) is 5.22. The molecule has 0 N–H and O–H groups in total.